The third-order valence-corrected chi connectivity index (χ3v) is 12.0. The second-order valence-corrected chi connectivity index (χ2v) is 15.3. The third kappa shape index (κ3) is 5.29. The molecule has 0 saturated heterocycles. The molecule has 2 heterocycles. The maximum atomic E-state index is 6.66. The van der Waals surface area contributed by atoms with Gasteiger partial charge in [-0.2, -0.15) is 0 Å². The van der Waals surface area contributed by atoms with Crippen LogP contribution in [-0.2, 0) is 0 Å². The molecule has 0 aliphatic rings. The molecule has 0 radical (unpaired) electrons. The summed E-state index contributed by atoms with van der Waals surface area (Å²) in [5.41, 5.74) is 12.9. The molecule has 0 aliphatic carbocycles. The predicted octanol–water partition coefficient (Wildman–Crippen LogP) is 15.8. The minimum absolute atomic E-state index is 0.888. The predicted molar refractivity (Wildman–Crippen MR) is 249 cm³/mol. The molecule has 2 aromatic heterocycles. The number of nitrogens with zero attached hydrogens (tertiary/aromatic N) is 2. The summed E-state index contributed by atoms with van der Waals surface area (Å²) in [5.74, 6) is 0. The topological polar surface area (TPSA) is 21.3 Å². The number of benzene rings is 10. The summed E-state index contributed by atoms with van der Waals surface area (Å²) < 4.78 is 9.07. The van der Waals surface area contributed by atoms with Crippen LogP contribution in [0.2, 0.25) is 0 Å². The summed E-state index contributed by atoms with van der Waals surface area (Å²) in [6.45, 7) is 0. The van der Waals surface area contributed by atoms with Crippen molar-refractivity contribution in [1.82, 2.24) is 4.57 Å². The van der Waals surface area contributed by atoms with E-state index >= 15 is 0 Å². The fraction of sp³-hybridized carbons (Fsp3) is 0. The van der Waals surface area contributed by atoms with Crippen molar-refractivity contribution < 1.29 is 4.42 Å². The summed E-state index contributed by atoms with van der Waals surface area (Å²) in [4.78, 5) is 2.42. The van der Waals surface area contributed by atoms with E-state index in [-0.39, 0.29) is 0 Å². The van der Waals surface area contributed by atoms with Crippen LogP contribution in [-0.4, -0.2) is 4.57 Å². The number of hydrogen-bond acceptors (Lipinski definition) is 2. The molecular formula is C56H36N2O. The van der Waals surface area contributed by atoms with Gasteiger partial charge in [-0.1, -0.05) is 164 Å². The number of rotatable bonds is 6. The van der Waals surface area contributed by atoms with Crippen molar-refractivity contribution in [2.45, 2.75) is 0 Å². The van der Waals surface area contributed by atoms with Crippen LogP contribution in [0.25, 0.3) is 93.2 Å². The molecule has 0 atom stereocenters. The average molecular weight is 753 g/mol. The van der Waals surface area contributed by atoms with Crippen LogP contribution in [0.3, 0.4) is 0 Å². The quantitative estimate of drug-likeness (QED) is 0.158. The van der Waals surface area contributed by atoms with E-state index in [1.807, 2.05) is 6.07 Å². The van der Waals surface area contributed by atoms with Crippen LogP contribution >= 0.6 is 0 Å². The van der Waals surface area contributed by atoms with E-state index in [2.05, 4.69) is 222 Å². The van der Waals surface area contributed by atoms with E-state index < -0.39 is 0 Å². The van der Waals surface area contributed by atoms with Gasteiger partial charge in [0.25, 0.3) is 0 Å². The number of anilines is 3. The highest BCUT2D eigenvalue weighted by atomic mass is 16.3. The molecule has 3 heteroatoms. The zero-order chi connectivity index (χ0) is 38.9. The van der Waals surface area contributed by atoms with Crippen LogP contribution in [0.1, 0.15) is 0 Å². The first-order valence-corrected chi connectivity index (χ1v) is 20.2. The van der Waals surface area contributed by atoms with Crippen molar-refractivity contribution in [3.8, 4) is 27.9 Å². The van der Waals surface area contributed by atoms with Crippen LogP contribution in [0.5, 0.6) is 0 Å². The first-order chi connectivity index (χ1) is 29.3. The maximum Gasteiger partial charge on any atom is 0.143 e. The fourth-order valence-corrected chi connectivity index (χ4v) is 9.32. The SMILES string of the molecule is c1cc(-c2ccccc2-n2c3ccccc3c3ccccc32)cc(N(c2ccc3ccc4ccccc4c3c2)c2ccccc2-c2cccc3c2oc2ccccc23)c1. The summed E-state index contributed by atoms with van der Waals surface area (Å²) in [6, 6.07) is 78.8. The highest BCUT2D eigenvalue weighted by Crippen LogP contribution is 2.46. The Kier molecular flexibility index (Phi) is 7.54. The summed E-state index contributed by atoms with van der Waals surface area (Å²) in [6.07, 6.45) is 0. The molecule has 276 valence electrons. The van der Waals surface area contributed by atoms with Crippen molar-refractivity contribution in [2.75, 3.05) is 4.90 Å². The van der Waals surface area contributed by atoms with Crippen LogP contribution in [0.15, 0.2) is 223 Å². The number of hydrogen-bond donors (Lipinski definition) is 0. The van der Waals surface area contributed by atoms with Crippen molar-refractivity contribution >= 4 is 82.4 Å². The molecule has 0 unspecified atom stereocenters. The van der Waals surface area contributed by atoms with E-state index in [0.717, 1.165) is 66.9 Å². The molecule has 10 aromatic carbocycles. The Balaban J connectivity index is 1.10. The number of furan rings is 1. The Hall–Kier alpha value is -7.88. The average Bonchev–Trinajstić information content (AvgIpc) is 3.86. The van der Waals surface area contributed by atoms with Gasteiger partial charge in [-0.3, -0.25) is 0 Å². The molecule has 3 nitrogen and oxygen atoms in total. The molecule has 59 heavy (non-hydrogen) atoms. The van der Waals surface area contributed by atoms with Crippen molar-refractivity contribution in [3.05, 3.63) is 218 Å². The largest absolute Gasteiger partial charge is 0.455 e. The van der Waals surface area contributed by atoms with Gasteiger partial charge in [-0.05, 0) is 81.7 Å². The number of para-hydroxylation sites is 6. The standard InChI is InChI=1S/C56H36N2O/c1-2-18-42-37(15-1)31-32-38-33-34-41(36-50(38)42)57(52-27-9-6-22-46(52)48-24-14-25-49-47-23-7-12-30-55(47)59-56(48)49)40-17-13-16-39(35-40)43-19-3-8-26-51(43)58-53-28-10-4-20-44(53)45-21-5-11-29-54(45)58/h1-36H. The minimum Gasteiger partial charge on any atom is -0.455 e. The Morgan fingerprint density at radius 2 is 0.932 bits per heavy atom. The zero-order valence-electron chi connectivity index (χ0n) is 32.1. The minimum atomic E-state index is 0.888. The fourth-order valence-electron chi connectivity index (χ4n) is 9.32. The molecule has 0 N–H and O–H groups in total. The van der Waals surface area contributed by atoms with Gasteiger partial charge in [0.1, 0.15) is 11.2 Å². The Morgan fingerprint density at radius 3 is 1.76 bits per heavy atom. The van der Waals surface area contributed by atoms with Gasteiger partial charge in [-0.15, -0.1) is 0 Å². The second kappa shape index (κ2) is 13.4. The Labute approximate surface area is 341 Å². The Bertz CT molecular complexity index is 3540. The monoisotopic (exact) mass is 752 g/mol. The van der Waals surface area contributed by atoms with Gasteiger partial charge in [0.15, 0.2) is 0 Å². The molecule has 12 rings (SSSR count). The van der Waals surface area contributed by atoms with Crippen molar-refractivity contribution in [3.63, 3.8) is 0 Å². The molecule has 0 fully saturated rings. The van der Waals surface area contributed by atoms with Crippen LogP contribution in [0.4, 0.5) is 17.1 Å². The lowest BCUT2D eigenvalue weighted by atomic mass is 9.97. The molecule has 0 bridgehead atoms. The molecule has 12 aromatic rings. The van der Waals surface area contributed by atoms with E-state index in [9.17, 15) is 0 Å². The third-order valence-electron chi connectivity index (χ3n) is 12.0. The number of aromatic nitrogens is 1. The van der Waals surface area contributed by atoms with E-state index in [1.165, 1.54) is 43.4 Å². The zero-order valence-corrected chi connectivity index (χ0v) is 32.1. The second-order valence-electron chi connectivity index (χ2n) is 15.3. The van der Waals surface area contributed by atoms with E-state index in [1.54, 1.807) is 0 Å². The molecular weight excluding hydrogens is 717 g/mol. The smallest absolute Gasteiger partial charge is 0.143 e. The molecule has 0 amide bonds. The number of fused-ring (bicyclic) bond motifs is 9. The van der Waals surface area contributed by atoms with E-state index in [0.29, 0.717) is 0 Å². The highest BCUT2D eigenvalue weighted by molar-refractivity contribution is 6.13. The lowest BCUT2D eigenvalue weighted by molar-refractivity contribution is 0.670. The van der Waals surface area contributed by atoms with Gasteiger partial charge < -0.3 is 13.9 Å². The lowest BCUT2D eigenvalue weighted by Gasteiger charge is -2.29. The Morgan fingerprint density at radius 1 is 0.356 bits per heavy atom. The van der Waals surface area contributed by atoms with Gasteiger partial charge in [0.2, 0.25) is 0 Å². The summed E-state index contributed by atoms with van der Waals surface area (Å²) >= 11 is 0. The normalized spacial score (nSPS) is 11.7. The first-order valence-electron chi connectivity index (χ1n) is 20.2. The molecule has 0 saturated carbocycles. The van der Waals surface area contributed by atoms with Gasteiger partial charge >= 0.3 is 0 Å². The maximum absolute atomic E-state index is 6.66. The van der Waals surface area contributed by atoms with Crippen LogP contribution < -0.4 is 4.90 Å². The highest BCUT2D eigenvalue weighted by Gasteiger charge is 2.22. The van der Waals surface area contributed by atoms with Crippen molar-refractivity contribution in [2.24, 2.45) is 0 Å². The van der Waals surface area contributed by atoms with Gasteiger partial charge in [0, 0.05) is 49.6 Å². The van der Waals surface area contributed by atoms with Gasteiger partial charge in [-0.25, -0.2) is 0 Å². The van der Waals surface area contributed by atoms with Crippen molar-refractivity contribution in [1.29, 1.82) is 0 Å². The first kappa shape index (κ1) is 33.3. The van der Waals surface area contributed by atoms with Gasteiger partial charge in [0.05, 0.1) is 22.4 Å². The molecule has 0 spiro atoms. The van der Waals surface area contributed by atoms with Crippen LogP contribution in [0, 0.1) is 0 Å². The molecule has 0 aliphatic heterocycles. The van der Waals surface area contributed by atoms with E-state index in [4.69, 9.17) is 4.42 Å². The lowest BCUT2D eigenvalue weighted by Crippen LogP contribution is -2.11. The summed E-state index contributed by atoms with van der Waals surface area (Å²) in [5, 5.41) is 9.62. The summed E-state index contributed by atoms with van der Waals surface area (Å²) in [7, 11) is 0.